The number of anilines is 1. The Hall–Kier alpha value is -1.85. The lowest BCUT2D eigenvalue weighted by Gasteiger charge is -2.12. The molecule has 0 atom stereocenters. The number of aromatic nitrogens is 1. The number of hydrogen-bond acceptors (Lipinski definition) is 3. The van der Waals surface area contributed by atoms with Gasteiger partial charge in [-0.05, 0) is 18.2 Å². The molecule has 0 spiro atoms. The van der Waals surface area contributed by atoms with Crippen molar-refractivity contribution in [2.24, 2.45) is 0 Å². The molecule has 0 saturated heterocycles. The first-order valence-electron chi connectivity index (χ1n) is 7.33. The summed E-state index contributed by atoms with van der Waals surface area (Å²) in [6.07, 6.45) is 1.63. The van der Waals surface area contributed by atoms with E-state index in [1.54, 1.807) is 43.6 Å². The Labute approximate surface area is 159 Å². The van der Waals surface area contributed by atoms with Crippen molar-refractivity contribution < 1.29 is 9.53 Å². The summed E-state index contributed by atoms with van der Waals surface area (Å²) in [5.74, 6) is -0.415. The standard InChI is InChI=1S/C18H13Cl3N2O2/c1-25-9-10-8-22-17-11(16(10)21)4-2-7-14(17)23-18(24)15-12(19)5-3-6-13(15)20/h2-8H,9H2,1H3,(H,23,24). The van der Waals surface area contributed by atoms with Crippen LogP contribution in [-0.2, 0) is 11.3 Å². The smallest absolute Gasteiger partial charge is 0.258 e. The van der Waals surface area contributed by atoms with E-state index in [9.17, 15) is 4.79 Å². The molecule has 128 valence electrons. The number of fused-ring (bicyclic) bond motifs is 1. The van der Waals surface area contributed by atoms with Gasteiger partial charge in [0.05, 0.1) is 38.4 Å². The van der Waals surface area contributed by atoms with Gasteiger partial charge in [-0.25, -0.2) is 0 Å². The molecule has 0 aliphatic heterocycles. The zero-order chi connectivity index (χ0) is 18.0. The molecule has 1 heterocycles. The van der Waals surface area contributed by atoms with Gasteiger partial charge in [-0.3, -0.25) is 9.78 Å². The van der Waals surface area contributed by atoms with Crippen LogP contribution in [-0.4, -0.2) is 18.0 Å². The maximum Gasteiger partial charge on any atom is 0.258 e. The fourth-order valence-electron chi connectivity index (χ4n) is 2.49. The molecule has 0 aliphatic carbocycles. The normalized spacial score (nSPS) is 10.9. The molecule has 1 aromatic heterocycles. The van der Waals surface area contributed by atoms with Gasteiger partial charge in [0.2, 0.25) is 0 Å². The maximum atomic E-state index is 12.6. The molecule has 0 radical (unpaired) electrons. The minimum Gasteiger partial charge on any atom is -0.380 e. The molecule has 2 aromatic carbocycles. The van der Waals surface area contributed by atoms with Crippen molar-refractivity contribution in [2.75, 3.05) is 12.4 Å². The van der Waals surface area contributed by atoms with Crippen molar-refractivity contribution in [1.29, 1.82) is 0 Å². The number of amides is 1. The highest BCUT2D eigenvalue weighted by molar-refractivity contribution is 6.40. The van der Waals surface area contributed by atoms with Crippen LogP contribution in [0.4, 0.5) is 5.69 Å². The number of hydrogen-bond donors (Lipinski definition) is 1. The molecule has 7 heteroatoms. The summed E-state index contributed by atoms with van der Waals surface area (Å²) in [6, 6.07) is 10.3. The van der Waals surface area contributed by atoms with Crippen LogP contribution in [0, 0.1) is 0 Å². The summed E-state index contributed by atoms with van der Waals surface area (Å²) in [4.78, 5) is 17.0. The molecule has 25 heavy (non-hydrogen) atoms. The Morgan fingerprint density at radius 1 is 1.12 bits per heavy atom. The van der Waals surface area contributed by atoms with E-state index in [0.29, 0.717) is 22.8 Å². The van der Waals surface area contributed by atoms with Gasteiger partial charge in [0.25, 0.3) is 5.91 Å². The topological polar surface area (TPSA) is 51.2 Å². The van der Waals surface area contributed by atoms with Crippen LogP contribution in [0.5, 0.6) is 0 Å². The molecule has 0 aliphatic rings. The first-order valence-corrected chi connectivity index (χ1v) is 8.46. The van der Waals surface area contributed by atoms with E-state index in [-0.39, 0.29) is 15.6 Å². The van der Waals surface area contributed by atoms with Gasteiger partial charge < -0.3 is 10.1 Å². The van der Waals surface area contributed by atoms with E-state index in [2.05, 4.69) is 10.3 Å². The predicted octanol–water partition coefficient (Wildman–Crippen LogP) is 5.59. The molecule has 0 fully saturated rings. The molecule has 1 N–H and O–H groups in total. The van der Waals surface area contributed by atoms with Gasteiger partial charge in [0.15, 0.2) is 0 Å². The van der Waals surface area contributed by atoms with Crippen molar-refractivity contribution in [3.63, 3.8) is 0 Å². The lowest BCUT2D eigenvalue weighted by molar-refractivity contribution is 0.102. The van der Waals surface area contributed by atoms with Gasteiger partial charge in [0.1, 0.15) is 0 Å². The zero-order valence-electron chi connectivity index (χ0n) is 13.1. The van der Waals surface area contributed by atoms with E-state index >= 15 is 0 Å². The highest BCUT2D eigenvalue weighted by atomic mass is 35.5. The van der Waals surface area contributed by atoms with E-state index < -0.39 is 5.91 Å². The van der Waals surface area contributed by atoms with Gasteiger partial charge in [-0.2, -0.15) is 0 Å². The number of carbonyl (C=O) groups excluding carboxylic acids is 1. The number of nitrogens with zero attached hydrogens (tertiary/aromatic N) is 1. The van der Waals surface area contributed by atoms with Gasteiger partial charge in [0, 0.05) is 24.3 Å². The number of rotatable bonds is 4. The number of halogens is 3. The van der Waals surface area contributed by atoms with Crippen LogP contribution in [0.1, 0.15) is 15.9 Å². The highest BCUT2D eigenvalue weighted by Gasteiger charge is 2.17. The lowest BCUT2D eigenvalue weighted by Crippen LogP contribution is -2.13. The SMILES string of the molecule is COCc1cnc2c(NC(=O)c3c(Cl)cccc3Cl)cccc2c1Cl. The third kappa shape index (κ3) is 3.58. The third-order valence-electron chi connectivity index (χ3n) is 3.64. The Morgan fingerprint density at radius 3 is 2.48 bits per heavy atom. The zero-order valence-corrected chi connectivity index (χ0v) is 15.4. The Kier molecular flexibility index (Phi) is 5.45. The number of carbonyl (C=O) groups is 1. The van der Waals surface area contributed by atoms with E-state index in [1.807, 2.05) is 6.07 Å². The second-order valence-electron chi connectivity index (χ2n) is 5.28. The van der Waals surface area contributed by atoms with Crippen molar-refractivity contribution in [3.8, 4) is 0 Å². The number of ether oxygens (including phenoxy) is 1. The van der Waals surface area contributed by atoms with Crippen LogP contribution in [0.15, 0.2) is 42.6 Å². The molecule has 4 nitrogen and oxygen atoms in total. The first-order chi connectivity index (χ1) is 12.0. The van der Waals surface area contributed by atoms with E-state index in [4.69, 9.17) is 39.5 Å². The Bertz CT molecular complexity index is 940. The van der Waals surface area contributed by atoms with Crippen LogP contribution in [0.2, 0.25) is 15.1 Å². The largest absolute Gasteiger partial charge is 0.380 e. The lowest BCUT2D eigenvalue weighted by atomic mass is 10.1. The molecule has 0 saturated carbocycles. The quantitative estimate of drug-likeness (QED) is 0.626. The molecule has 3 aromatic rings. The molecule has 3 rings (SSSR count). The second kappa shape index (κ2) is 7.58. The minimum absolute atomic E-state index is 0.213. The summed E-state index contributed by atoms with van der Waals surface area (Å²) >= 11 is 18.6. The van der Waals surface area contributed by atoms with Crippen molar-refractivity contribution in [1.82, 2.24) is 4.98 Å². The minimum atomic E-state index is -0.415. The van der Waals surface area contributed by atoms with Crippen molar-refractivity contribution in [3.05, 3.63) is 68.8 Å². The second-order valence-corrected chi connectivity index (χ2v) is 6.48. The summed E-state index contributed by atoms with van der Waals surface area (Å²) in [6.45, 7) is 0.355. The van der Waals surface area contributed by atoms with Crippen LogP contribution in [0.3, 0.4) is 0 Å². The number of nitrogens with one attached hydrogen (secondary N) is 1. The molecule has 1 amide bonds. The molecular weight excluding hydrogens is 383 g/mol. The number of pyridine rings is 1. The first kappa shape index (κ1) is 18.0. The summed E-state index contributed by atoms with van der Waals surface area (Å²) in [5, 5.41) is 4.62. The van der Waals surface area contributed by atoms with Gasteiger partial charge >= 0.3 is 0 Å². The summed E-state index contributed by atoms with van der Waals surface area (Å²) in [7, 11) is 1.59. The van der Waals surface area contributed by atoms with Crippen molar-refractivity contribution in [2.45, 2.75) is 6.61 Å². The predicted molar refractivity (Wildman–Crippen MR) is 102 cm³/mol. The number of methoxy groups -OCH3 is 1. The Balaban J connectivity index is 2.02. The average molecular weight is 396 g/mol. The van der Waals surface area contributed by atoms with E-state index in [1.165, 1.54) is 0 Å². The number of benzene rings is 2. The van der Waals surface area contributed by atoms with Crippen LogP contribution < -0.4 is 5.32 Å². The fraction of sp³-hybridized carbons (Fsp3) is 0.111. The van der Waals surface area contributed by atoms with Crippen LogP contribution in [0.25, 0.3) is 10.9 Å². The highest BCUT2D eigenvalue weighted by Crippen LogP contribution is 2.31. The fourth-order valence-corrected chi connectivity index (χ4v) is 3.31. The van der Waals surface area contributed by atoms with Crippen molar-refractivity contribution >= 4 is 57.3 Å². The van der Waals surface area contributed by atoms with Gasteiger partial charge in [-0.1, -0.05) is 53.0 Å². The third-order valence-corrected chi connectivity index (χ3v) is 4.72. The average Bonchev–Trinajstić information content (AvgIpc) is 2.58. The molecule has 0 unspecified atom stereocenters. The summed E-state index contributed by atoms with van der Waals surface area (Å²) < 4.78 is 5.11. The Morgan fingerprint density at radius 2 is 1.80 bits per heavy atom. The molecule has 0 bridgehead atoms. The number of para-hydroxylation sites is 1. The monoisotopic (exact) mass is 394 g/mol. The van der Waals surface area contributed by atoms with E-state index in [0.717, 1.165) is 10.9 Å². The molecular formula is C18H13Cl3N2O2. The maximum absolute atomic E-state index is 12.6. The summed E-state index contributed by atoms with van der Waals surface area (Å²) in [5.41, 5.74) is 2.08. The van der Waals surface area contributed by atoms with Crippen LogP contribution >= 0.6 is 34.8 Å². The van der Waals surface area contributed by atoms with Gasteiger partial charge in [-0.15, -0.1) is 0 Å².